The van der Waals surface area contributed by atoms with Crippen molar-refractivity contribution in [3.63, 3.8) is 0 Å². The van der Waals surface area contributed by atoms with Gasteiger partial charge in [0.15, 0.2) is 16.6 Å². The molecule has 2 N–H and O–H groups in total. The van der Waals surface area contributed by atoms with Crippen molar-refractivity contribution in [2.24, 2.45) is 5.92 Å². The number of benzene rings is 1. The number of nitrogens with zero attached hydrogens (tertiary/aromatic N) is 7. The summed E-state index contributed by atoms with van der Waals surface area (Å²) in [5, 5.41) is 24.0. The summed E-state index contributed by atoms with van der Waals surface area (Å²) in [7, 11) is 0. The SMILES string of the molecule is CC(=O)NCc1ccc(-c2csc(NC(=O)C3CCN(c4ccc5nnnn5n4)CC3)n2)cc1. The highest BCUT2D eigenvalue weighted by Crippen LogP contribution is 2.27. The summed E-state index contributed by atoms with van der Waals surface area (Å²) in [6.45, 7) is 3.45. The Morgan fingerprint density at radius 1 is 1.12 bits per heavy atom. The first-order valence-corrected chi connectivity index (χ1v) is 11.8. The normalized spacial score (nSPS) is 14.3. The number of rotatable bonds is 6. The Hall–Kier alpha value is -3.93. The maximum atomic E-state index is 12.8. The molecule has 5 rings (SSSR count). The number of carbonyl (C=O) groups is 2. The van der Waals surface area contributed by atoms with Crippen molar-refractivity contribution in [3.05, 3.63) is 47.3 Å². The van der Waals surface area contributed by atoms with Gasteiger partial charge in [-0.3, -0.25) is 9.59 Å². The van der Waals surface area contributed by atoms with Crippen LogP contribution in [0.15, 0.2) is 41.8 Å². The molecule has 0 radical (unpaired) electrons. The molecule has 0 atom stereocenters. The molecule has 1 fully saturated rings. The number of hydrogen-bond acceptors (Lipinski definition) is 9. The minimum Gasteiger partial charge on any atom is -0.355 e. The first kappa shape index (κ1) is 21.9. The van der Waals surface area contributed by atoms with Crippen LogP contribution in [0.25, 0.3) is 16.9 Å². The Kier molecular flexibility index (Phi) is 6.12. The molecule has 4 aromatic rings. The summed E-state index contributed by atoms with van der Waals surface area (Å²) in [6.07, 6.45) is 1.46. The topological polar surface area (TPSA) is 130 Å². The Morgan fingerprint density at radius 3 is 2.68 bits per heavy atom. The standard InChI is InChI=1S/C22H23N9O2S/c1-14(32)23-12-15-2-4-16(5-3-15)18-13-34-22(24-18)25-21(33)17-8-10-30(11-9-17)20-7-6-19-26-28-29-31(19)27-20/h2-7,13,17H,8-12H2,1H3,(H,23,32)(H,24,25,33). The number of nitrogens with one attached hydrogen (secondary N) is 2. The Balaban J connectivity index is 1.15. The van der Waals surface area contributed by atoms with Gasteiger partial charge in [-0.05, 0) is 41.0 Å². The highest BCUT2D eigenvalue weighted by molar-refractivity contribution is 7.14. The van der Waals surface area contributed by atoms with Gasteiger partial charge in [0.2, 0.25) is 11.8 Å². The molecule has 1 aromatic carbocycles. The van der Waals surface area contributed by atoms with Crippen molar-refractivity contribution in [1.82, 2.24) is 35.6 Å². The summed E-state index contributed by atoms with van der Waals surface area (Å²) in [5.74, 6) is 0.659. The van der Waals surface area contributed by atoms with Gasteiger partial charge in [0.05, 0.1) is 5.69 Å². The minimum atomic E-state index is -0.0755. The van der Waals surface area contributed by atoms with Crippen molar-refractivity contribution >= 4 is 39.7 Å². The maximum absolute atomic E-state index is 12.8. The summed E-state index contributed by atoms with van der Waals surface area (Å²) in [4.78, 5) is 30.6. The molecule has 174 valence electrons. The predicted molar refractivity (Wildman–Crippen MR) is 127 cm³/mol. The van der Waals surface area contributed by atoms with E-state index in [0.29, 0.717) is 17.3 Å². The van der Waals surface area contributed by atoms with Gasteiger partial charge in [0.1, 0.15) is 0 Å². The fourth-order valence-electron chi connectivity index (χ4n) is 3.87. The third-order valence-electron chi connectivity index (χ3n) is 5.77. The number of tetrazole rings is 1. The van der Waals surface area contributed by atoms with E-state index in [1.54, 1.807) is 0 Å². The van der Waals surface area contributed by atoms with E-state index in [4.69, 9.17) is 0 Å². The van der Waals surface area contributed by atoms with E-state index in [1.807, 2.05) is 41.8 Å². The monoisotopic (exact) mass is 477 g/mol. The third kappa shape index (κ3) is 4.86. The van der Waals surface area contributed by atoms with Crippen LogP contribution in [0.5, 0.6) is 0 Å². The van der Waals surface area contributed by atoms with E-state index in [0.717, 1.165) is 48.6 Å². The minimum absolute atomic E-state index is 0.00454. The molecule has 0 unspecified atom stereocenters. The van der Waals surface area contributed by atoms with Crippen molar-refractivity contribution in [1.29, 1.82) is 0 Å². The van der Waals surface area contributed by atoms with Crippen LogP contribution in [-0.4, -0.2) is 55.1 Å². The zero-order valence-electron chi connectivity index (χ0n) is 18.5. The van der Waals surface area contributed by atoms with Crippen LogP contribution in [0, 0.1) is 5.92 Å². The number of hydrogen-bond donors (Lipinski definition) is 2. The van der Waals surface area contributed by atoms with Crippen molar-refractivity contribution in [2.75, 3.05) is 23.3 Å². The molecule has 4 heterocycles. The summed E-state index contributed by atoms with van der Waals surface area (Å²) >= 11 is 1.41. The Morgan fingerprint density at radius 2 is 1.91 bits per heavy atom. The molecule has 0 spiro atoms. The molecule has 0 saturated carbocycles. The number of carbonyl (C=O) groups excluding carboxylic acids is 2. The molecule has 12 heteroatoms. The molecular weight excluding hydrogens is 454 g/mol. The lowest BCUT2D eigenvalue weighted by atomic mass is 9.96. The van der Waals surface area contributed by atoms with Gasteiger partial charge in [-0.2, -0.15) is 0 Å². The number of fused-ring (bicyclic) bond motifs is 1. The highest BCUT2D eigenvalue weighted by atomic mass is 32.1. The van der Waals surface area contributed by atoms with E-state index < -0.39 is 0 Å². The van der Waals surface area contributed by atoms with Crippen LogP contribution in [0.1, 0.15) is 25.3 Å². The Labute approximate surface area is 199 Å². The van der Waals surface area contributed by atoms with Gasteiger partial charge in [-0.15, -0.1) is 26.2 Å². The second-order valence-corrected chi connectivity index (χ2v) is 8.97. The van der Waals surface area contributed by atoms with Crippen molar-refractivity contribution in [3.8, 4) is 11.3 Å². The molecule has 1 saturated heterocycles. The van der Waals surface area contributed by atoms with Crippen LogP contribution in [0.2, 0.25) is 0 Å². The van der Waals surface area contributed by atoms with Crippen LogP contribution in [0.4, 0.5) is 10.9 Å². The zero-order valence-corrected chi connectivity index (χ0v) is 19.3. The van der Waals surface area contributed by atoms with Crippen LogP contribution in [-0.2, 0) is 16.1 Å². The van der Waals surface area contributed by atoms with E-state index >= 15 is 0 Å². The second kappa shape index (κ2) is 9.51. The predicted octanol–water partition coefficient (Wildman–Crippen LogP) is 2.13. The Bertz CT molecular complexity index is 1310. The summed E-state index contributed by atoms with van der Waals surface area (Å²) in [6, 6.07) is 11.6. The maximum Gasteiger partial charge on any atom is 0.229 e. The molecule has 2 amide bonds. The van der Waals surface area contributed by atoms with Crippen molar-refractivity contribution in [2.45, 2.75) is 26.3 Å². The van der Waals surface area contributed by atoms with Gasteiger partial charge in [-0.25, -0.2) is 4.98 Å². The van der Waals surface area contributed by atoms with Crippen LogP contribution >= 0.6 is 11.3 Å². The van der Waals surface area contributed by atoms with Gasteiger partial charge < -0.3 is 15.5 Å². The highest BCUT2D eigenvalue weighted by Gasteiger charge is 2.26. The number of piperidine rings is 1. The molecule has 1 aliphatic heterocycles. The van der Waals surface area contributed by atoms with E-state index in [-0.39, 0.29) is 17.7 Å². The quantitative estimate of drug-likeness (QED) is 0.432. The summed E-state index contributed by atoms with van der Waals surface area (Å²) < 4.78 is 1.41. The average molecular weight is 478 g/mol. The van der Waals surface area contributed by atoms with E-state index in [1.165, 1.54) is 22.9 Å². The first-order valence-electron chi connectivity index (χ1n) is 11.0. The van der Waals surface area contributed by atoms with Gasteiger partial charge in [-0.1, -0.05) is 24.3 Å². The van der Waals surface area contributed by atoms with Gasteiger partial charge >= 0.3 is 0 Å². The zero-order chi connectivity index (χ0) is 23.5. The van der Waals surface area contributed by atoms with E-state index in [2.05, 4.69) is 41.1 Å². The second-order valence-electron chi connectivity index (χ2n) is 8.11. The van der Waals surface area contributed by atoms with Crippen molar-refractivity contribution < 1.29 is 9.59 Å². The molecule has 0 bridgehead atoms. The fraction of sp³-hybridized carbons (Fsp3) is 0.318. The largest absolute Gasteiger partial charge is 0.355 e. The smallest absolute Gasteiger partial charge is 0.229 e. The lowest BCUT2D eigenvalue weighted by molar-refractivity contribution is -0.120. The molecule has 34 heavy (non-hydrogen) atoms. The number of amides is 2. The fourth-order valence-corrected chi connectivity index (χ4v) is 4.59. The number of thiazole rings is 1. The molecule has 0 aliphatic carbocycles. The molecule has 1 aliphatic rings. The lowest BCUT2D eigenvalue weighted by Gasteiger charge is -2.31. The lowest BCUT2D eigenvalue weighted by Crippen LogP contribution is -2.38. The van der Waals surface area contributed by atoms with Gasteiger partial charge in [0.25, 0.3) is 0 Å². The number of anilines is 2. The average Bonchev–Trinajstić information content (AvgIpc) is 3.52. The van der Waals surface area contributed by atoms with E-state index in [9.17, 15) is 9.59 Å². The first-order chi connectivity index (χ1) is 16.5. The molecule has 11 nitrogen and oxygen atoms in total. The van der Waals surface area contributed by atoms with Gasteiger partial charge in [0, 0.05) is 43.4 Å². The molecule has 3 aromatic heterocycles. The summed E-state index contributed by atoms with van der Waals surface area (Å²) in [5.41, 5.74) is 3.39. The van der Waals surface area contributed by atoms with Crippen LogP contribution < -0.4 is 15.5 Å². The molecular formula is C22H23N9O2S. The number of aromatic nitrogens is 6. The third-order valence-corrected chi connectivity index (χ3v) is 6.53. The van der Waals surface area contributed by atoms with Crippen LogP contribution in [0.3, 0.4) is 0 Å².